The molecule has 1 aromatic heterocycles. The maximum absolute atomic E-state index is 11.9. The molecular formula is C13H19N3O3. The number of nitrogens with one attached hydrogen (secondary N) is 1. The molecule has 1 atom stereocenters. The van der Waals surface area contributed by atoms with Crippen LogP contribution < -0.4 is 5.32 Å². The minimum Gasteiger partial charge on any atom is -0.469 e. The summed E-state index contributed by atoms with van der Waals surface area (Å²) >= 11 is 0. The maximum atomic E-state index is 11.9. The first-order valence-corrected chi connectivity index (χ1v) is 6.51. The summed E-state index contributed by atoms with van der Waals surface area (Å²) in [5.41, 5.74) is 0.425. The number of fused-ring (bicyclic) bond motifs is 1. The van der Waals surface area contributed by atoms with E-state index in [9.17, 15) is 9.59 Å². The van der Waals surface area contributed by atoms with Gasteiger partial charge in [-0.2, -0.15) is 0 Å². The Morgan fingerprint density at radius 3 is 3.11 bits per heavy atom. The quantitative estimate of drug-likeness (QED) is 0.816. The van der Waals surface area contributed by atoms with Crippen LogP contribution in [0.15, 0.2) is 6.20 Å². The Balaban J connectivity index is 1.91. The van der Waals surface area contributed by atoms with Gasteiger partial charge in [0.05, 0.1) is 13.5 Å². The zero-order chi connectivity index (χ0) is 13.8. The highest BCUT2D eigenvalue weighted by Gasteiger charge is 2.19. The van der Waals surface area contributed by atoms with Gasteiger partial charge in [-0.05, 0) is 12.3 Å². The Kier molecular flexibility index (Phi) is 4.19. The molecule has 6 heteroatoms. The van der Waals surface area contributed by atoms with E-state index >= 15 is 0 Å². The van der Waals surface area contributed by atoms with Crippen LogP contribution in [-0.2, 0) is 22.5 Å². The number of hydrogen-bond acceptors (Lipinski definition) is 4. The number of nitrogens with zero attached hydrogens (tertiary/aromatic N) is 2. The summed E-state index contributed by atoms with van der Waals surface area (Å²) in [5, 5.41) is 2.67. The van der Waals surface area contributed by atoms with Gasteiger partial charge in [-0.15, -0.1) is 0 Å². The number of rotatable bonds is 4. The van der Waals surface area contributed by atoms with Crippen molar-refractivity contribution in [1.29, 1.82) is 0 Å². The van der Waals surface area contributed by atoms with Crippen molar-refractivity contribution in [2.45, 2.75) is 32.7 Å². The van der Waals surface area contributed by atoms with Crippen LogP contribution in [0.1, 0.15) is 36.1 Å². The van der Waals surface area contributed by atoms with Crippen molar-refractivity contribution in [3.63, 3.8) is 0 Å². The average Bonchev–Trinajstić information content (AvgIpc) is 2.81. The fourth-order valence-corrected chi connectivity index (χ4v) is 2.19. The lowest BCUT2D eigenvalue weighted by Gasteiger charge is -2.19. The normalized spacial score (nSPS) is 17.7. The van der Waals surface area contributed by atoms with Crippen molar-refractivity contribution < 1.29 is 14.3 Å². The van der Waals surface area contributed by atoms with Crippen molar-refractivity contribution in [3.8, 4) is 0 Å². The van der Waals surface area contributed by atoms with E-state index in [-0.39, 0.29) is 24.8 Å². The Morgan fingerprint density at radius 1 is 1.58 bits per heavy atom. The third-order valence-electron chi connectivity index (χ3n) is 3.30. The molecule has 0 bridgehead atoms. The molecule has 0 fully saturated rings. The zero-order valence-electron chi connectivity index (χ0n) is 11.3. The van der Waals surface area contributed by atoms with Gasteiger partial charge < -0.3 is 14.6 Å². The first-order chi connectivity index (χ1) is 9.10. The number of carbonyl (C=O) groups excluding carboxylic acids is 2. The second-order valence-electron chi connectivity index (χ2n) is 4.92. The number of imidazole rings is 1. The first-order valence-electron chi connectivity index (χ1n) is 6.51. The molecule has 0 aromatic carbocycles. The SMILES string of the molecule is COC(=O)CCNC(=O)c1cn2c(n1)CC[C@@H](C)C2. The van der Waals surface area contributed by atoms with Crippen LogP contribution in [0.5, 0.6) is 0 Å². The summed E-state index contributed by atoms with van der Waals surface area (Å²) in [6.45, 7) is 3.38. The molecule has 0 radical (unpaired) electrons. The predicted octanol–water partition coefficient (Wildman–Crippen LogP) is 0.758. The molecule has 0 saturated heterocycles. The summed E-state index contributed by atoms with van der Waals surface area (Å²) in [5.74, 6) is 1.02. The molecule has 1 aliphatic rings. The Bertz CT molecular complexity index is 481. The molecule has 0 unspecified atom stereocenters. The predicted molar refractivity (Wildman–Crippen MR) is 68.7 cm³/mol. The Morgan fingerprint density at radius 2 is 2.37 bits per heavy atom. The van der Waals surface area contributed by atoms with Crippen LogP contribution in [-0.4, -0.2) is 35.1 Å². The second kappa shape index (κ2) is 5.86. The van der Waals surface area contributed by atoms with Crippen molar-refractivity contribution in [1.82, 2.24) is 14.9 Å². The first kappa shape index (κ1) is 13.6. The number of hydrogen-bond donors (Lipinski definition) is 1. The smallest absolute Gasteiger partial charge is 0.307 e. The van der Waals surface area contributed by atoms with Gasteiger partial charge in [0, 0.05) is 25.7 Å². The molecule has 2 heterocycles. The van der Waals surface area contributed by atoms with E-state index in [4.69, 9.17) is 0 Å². The molecule has 0 spiro atoms. The van der Waals surface area contributed by atoms with Gasteiger partial charge in [-0.25, -0.2) is 4.98 Å². The van der Waals surface area contributed by atoms with Gasteiger partial charge in [0.15, 0.2) is 0 Å². The molecule has 0 aliphatic carbocycles. The standard InChI is InChI=1S/C13H19N3O3/c1-9-3-4-11-15-10(8-16(11)7-9)13(18)14-6-5-12(17)19-2/h8-9H,3-7H2,1-2H3,(H,14,18)/t9-/m1/s1. The molecule has 19 heavy (non-hydrogen) atoms. The Labute approximate surface area is 112 Å². The lowest BCUT2D eigenvalue weighted by atomic mass is 10.0. The zero-order valence-corrected chi connectivity index (χ0v) is 11.3. The lowest BCUT2D eigenvalue weighted by Crippen LogP contribution is -2.26. The van der Waals surface area contributed by atoms with Gasteiger partial charge in [-0.1, -0.05) is 6.92 Å². The number of esters is 1. The summed E-state index contributed by atoms with van der Waals surface area (Å²) in [7, 11) is 1.33. The highest BCUT2D eigenvalue weighted by atomic mass is 16.5. The van der Waals surface area contributed by atoms with E-state index in [1.165, 1.54) is 7.11 Å². The minimum absolute atomic E-state index is 0.173. The summed E-state index contributed by atoms with van der Waals surface area (Å²) < 4.78 is 6.55. The summed E-state index contributed by atoms with van der Waals surface area (Å²) in [6, 6.07) is 0. The van der Waals surface area contributed by atoms with E-state index in [2.05, 4.69) is 22.0 Å². The van der Waals surface area contributed by atoms with Crippen molar-refractivity contribution in [3.05, 3.63) is 17.7 Å². The third kappa shape index (κ3) is 3.33. The van der Waals surface area contributed by atoms with Crippen LogP contribution in [0.2, 0.25) is 0 Å². The topological polar surface area (TPSA) is 73.2 Å². The molecule has 1 N–H and O–H groups in total. The second-order valence-corrected chi connectivity index (χ2v) is 4.92. The fourth-order valence-electron chi connectivity index (χ4n) is 2.19. The molecule has 6 nitrogen and oxygen atoms in total. The summed E-state index contributed by atoms with van der Waals surface area (Å²) in [4.78, 5) is 27.1. The number of ether oxygens (including phenoxy) is 1. The third-order valence-corrected chi connectivity index (χ3v) is 3.30. The fraction of sp³-hybridized carbons (Fsp3) is 0.615. The van der Waals surface area contributed by atoms with Crippen LogP contribution in [0, 0.1) is 5.92 Å². The number of aromatic nitrogens is 2. The van der Waals surface area contributed by atoms with E-state index < -0.39 is 0 Å². The van der Waals surface area contributed by atoms with Crippen molar-refractivity contribution in [2.24, 2.45) is 5.92 Å². The largest absolute Gasteiger partial charge is 0.469 e. The monoisotopic (exact) mass is 265 g/mol. The average molecular weight is 265 g/mol. The molecule has 1 aliphatic heterocycles. The molecule has 2 rings (SSSR count). The van der Waals surface area contributed by atoms with Crippen LogP contribution in [0.25, 0.3) is 0 Å². The van der Waals surface area contributed by atoms with Gasteiger partial charge in [-0.3, -0.25) is 9.59 Å². The van der Waals surface area contributed by atoms with Gasteiger partial charge in [0.25, 0.3) is 5.91 Å². The molecule has 1 amide bonds. The van der Waals surface area contributed by atoms with Crippen LogP contribution in [0.3, 0.4) is 0 Å². The molecule has 1 aromatic rings. The van der Waals surface area contributed by atoms with Crippen LogP contribution in [0.4, 0.5) is 0 Å². The van der Waals surface area contributed by atoms with E-state index in [0.29, 0.717) is 11.6 Å². The number of amides is 1. The van der Waals surface area contributed by atoms with Crippen molar-refractivity contribution >= 4 is 11.9 Å². The van der Waals surface area contributed by atoms with E-state index in [0.717, 1.165) is 25.2 Å². The van der Waals surface area contributed by atoms with E-state index in [1.54, 1.807) is 6.20 Å². The highest BCUT2D eigenvalue weighted by Crippen LogP contribution is 2.19. The van der Waals surface area contributed by atoms with E-state index in [1.807, 2.05) is 4.57 Å². The van der Waals surface area contributed by atoms with Gasteiger partial charge >= 0.3 is 5.97 Å². The number of methoxy groups -OCH3 is 1. The minimum atomic E-state index is -0.335. The van der Waals surface area contributed by atoms with Crippen LogP contribution >= 0.6 is 0 Å². The number of aryl methyl sites for hydroxylation is 1. The maximum Gasteiger partial charge on any atom is 0.307 e. The Hall–Kier alpha value is -1.85. The van der Waals surface area contributed by atoms with Crippen molar-refractivity contribution in [2.75, 3.05) is 13.7 Å². The van der Waals surface area contributed by atoms with Gasteiger partial charge in [0.2, 0.25) is 0 Å². The molecule has 0 saturated carbocycles. The highest BCUT2D eigenvalue weighted by molar-refractivity contribution is 5.92. The molecule has 104 valence electrons. The lowest BCUT2D eigenvalue weighted by molar-refractivity contribution is -0.140. The molecular weight excluding hydrogens is 246 g/mol. The number of carbonyl (C=O) groups is 2. The van der Waals surface area contributed by atoms with Gasteiger partial charge in [0.1, 0.15) is 11.5 Å². The summed E-state index contributed by atoms with van der Waals surface area (Å²) in [6.07, 6.45) is 3.99.